The van der Waals surface area contributed by atoms with Crippen molar-refractivity contribution >= 4 is 38.7 Å². The molecule has 0 fully saturated rings. The van der Waals surface area contributed by atoms with Gasteiger partial charge in [-0.3, -0.25) is 14.9 Å². The highest BCUT2D eigenvalue weighted by atomic mass is 79.9. The van der Waals surface area contributed by atoms with Crippen LogP contribution in [-0.2, 0) is 6.61 Å². The summed E-state index contributed by atoms with van der Waals surface area (Å²) in [6.45, 7) is 3.84. The number of benzene rings is 3. The quantitative estimate of drug-likeness (QED) is 0.147. The zero-order valence-electron chi connectivity index (χ0n) is 19.5. The number of para-hydroxylation sites is 1. The van der Waals surface area contributed by atoms with Crippen LogP contribution in [0.25, 0.3) is 10.9 Å². The average Bonchev–Trinajstić information content (AvgIpc) is 2.86. The molecule has 36 heavy (non-hydrogen) atoms. The van der Waals surface area contributed by atoms with E-state index < -0.39 is 10.7 Å². The summed E-state index contributed by atoms with van der Waals surface area (Å²) in [6, 6.07) is 15.4. The lowest BCUT2D eigenvalue weighted by atomic mass is 10.1. The van der Waals surface area contributed by atoms with Crippen LogP contribution in [0.3, 0.4) is 0 Å². The molecule has 4 aromatic rings. The van der Waals surface area contributed by atoms with Crippen LogP contribution in [0.5, 0.6) is 5.75 Å². The highest BCUT2D eigenvalue weighted by molar-refractivity contribution is 9.10. The number of nitrogens with zero attached hydrogens (tertiary/aromatic N) is 4. The van der Waals surface area contributed by atoms with Crippen molar-refractivity contribution in [2.45, 2.75) is 32.8 Å². The molecule has 1 aromatic heterocycles. The lowest BCUT2D eigenvalue weighted by Crippen LogP contribution is -2.23. The summed E-state index contributed by atoms with van der Waals surface area (Å²) in [7, 11) is 0. The second-order valence-electron chi connectivity index (χ2n) is 8.17. The van der Waals surface area contributed by atoms with E-state index in [1.54, 1.807) is 24.3 Å². The summed E-state index contributed by atoms with van der Waals surface area (Å²) >= 11 is 3.38. The minimum absolute atomic E-state index is 0.0369. The molecule has 184 valence electrons. The number of nitro benzene ring substituents is 1. The summed E-state index contributed by atoms with van der Waals surface area (Å²) in [5.74, 6) is -0.0732. The molecule has 0 aliphatic heterocycles. The van der Waals surface area contributed by atoms with Crippen molar-refractivity contribution in [1.29, 1.82) is 0 Å². The fraction of sp³-hybridized carbons (Fsp3) is 0.192. The molecular formula is C26H22BrFN4O4. The summed E-state index contributed by atoms with van der Waals surface area (Å²) in [4.78, 5) is 29.1. The number of nitro groups is 1. The number of aromatic nitrogens is 2. The SMILES string of the molecule is CC[C@H](C)c1nc2ccc(Br)cc2c(=O)n1N=Cc1cccc([N+](=O)[O-])c1OCc1cccc(F)c1. The van der Waals surface area contributed by atoms with E-state index in [2.05, 4.69) is 26.0 Å². The maximum Gasteiger partial charge on any atom is 0.311 e. The number of halogens is 2. The molecule has 0 saturated carbocycles. The van der Waals surface area contributed by atoms with Gasteiger partial charge in [-0.2, -0.15) is 9.78 Å². The molecule has 1 atom stereocenters. The van der Waals surface area contributed by atoms with Gasteiger partial charge in [0.2, 0.25) is 5.75 Å². The van der Waals surface area contributed by atoms with Crippen LogP contribution in [0.4, 0.5) is 10.1 Å². The third kappa shape index (κ3) is 5.33. The van der Waals surface area contributed by atoms with Crippen molar-refractivity contribution in [2.75, 3.05) is 0 Å². The van der Waals surface area contributed by atoms with Crippen molar-refractivity contribution in [2.24, 2.45) is 5.10 Å². The molecule has 0 amide bonds. The smallest absolute Gasteiger partial charge is 0.311 e. The maximum absolute atomic E-state index is 13.6. The first-order valence-electron chi connectivity index (χ1n) is 11.2. The molecule has 0 bridgehead atoms. The molecule has 0 spiro atoms. The summed E-state index contributed by atoms with van der Waals surface area (Å²) < 4.78 is 21.3. The molecule has 0 radical (unpaired) electrons. The maximum atomic E-state index is 13.6. The van der Waals surface area contributed by atoms with E-state index in [1.165, 1.54) is 41.2 Å². The molecule has 0 unspecified atom stereocenters. The molecular weight excluding hydrogens is 531 g/mol. The van der Waals surface area contributed by atoms with Gasteiger partial charge in [-0.25, -0.2) is 9.37 Å². The number of hydrogen-bond donors (Lipinski definition) is 0. The van der Waals surface area contributed by atoms with Gasteiger partial charge >= 0.3 is 5.69 Å². The molecule has 0 N–H and O–H groups in total. The molecule has 0 aliphatic carbocycles. The molecule has 10 heteroatoms. The normalized spacial score (nSPS) is 12.2. The second kappa shape index (κ2) is 10.8. The van der Waals surface area contributed by atoms with Gasteiger partial charge in [0.05, 0.1) is 22.0 Å². The van der Waals surface area contributed by atoms with Crippen LogP contribution >= 0.6 is 15.9 Å². The van der Waals surface area contributed by atoms with Gasteiger partial charge in [0.15, 0.2) is 0 Å². The Morgan fingerprint density at radius 3 is 2.72 bits per heavy atom. The van der Waals surface area contributed by atoms with Crippen LogP contribution in [0.15, 0.2) is 75.0 Å². The summed E-state index contributed by atoms with van der Waals surface area (Å²) in [6.07, 6.45) is 2.06. The lowest BCUT2D eigenvalue weighted by Gasteiger charge is -2.14. The highest BCUT2D eigenvalue weighted by Crippen LogP contribution is 2.31. The fourth-order valence-electron chi connectivity index (χ4n) is 3.63. The van der Waals surface area contributed by atoms with Crippen molar-refractivity contribution in [3.05, 3.63) is 108 Å². The van der Waals surface area contributed by atoms with Crippen molar-refractivity contribution in [3.63, 3.8) is 0 Å². The van der Waals surface area contributed by atoms with E-state index in [-0.39, 0.29) is 35.1 Å². The minimum atomic E-state index is -0.565. The van der Waals surface area contributed by atoms with E-state index in [1.807, 2.05) is 19.9 Å². The van der Waals surface area contributed by atoms with E-state index in [4.69, 9.17) is 4.74 Å². The third-order valence-corrected chi connectivity index (χ3v) is 6.19. The van der Waals surface area contributed by atoms with Gasteiger partial charge in [-0.15, -0.1) is 0 Å². The predicted octanol–water partition coefficient (Wildman–Crippen LogP) is 6.18. The van der Waals surface area contributed by atoms with Crippen LogP contribution in [0.2, 0.25) is 0 Å². The van der Waals surface area contributed by atoms with Crippen molar-refractivity contribution in [1.82, 2.24) is 9.66 Å². The Hall–Kier alpha value is -3.92. The van der Waals surface area contributed by atoms with Crippen molar-refractivity contribution in [3.8, 4) is 5.75 Å². The Labute approximate surface area is 214 Å². The average molecular weight is 553 g/mol. The molecule has 4 rings (SSSR count). The largest absolute Gasteiger partial charge is 0.481 e. The topological polar surface area (TPSA) is 99.6 Å². The van der Waals surface area contributed by atoms with Gasteiger partial charge in [-0.05, 0) is 48.4 Å². The minimum Gasteiger partial charge on any atom is -0.481 e. The first kappa shape index (κ1) is 25.2. The van der Waals surface area contributed by atoms with E-state index in [0.29, 0.717) is 22.3 Å². The van der Waals surface area contributed by atoms with Gasteiger partial charge in [-0.1, -0.05) is 48.0 Å². The Morgan fingerprint density at radius 1 is 1.22 bits per heavy atom. The fourth-order valence-corrected chi connectivity index (χ4v) is 3.99. The number of hydrogen-bond acceptors (Lipinski definition) is 6. The molecule has 0 aliphatic rings. The number of rotatable bonds is 8. The molecule has 8 nitrogen and oxygen atoms in total. The number of fused-ring (bicyclic) bond motifs is 1. The Balaban J connectivity index is 1.80. The van der Waals surface area contributed by atoms with E-state index in [9.17, 15) is 19.3 Å². The van der Waals surface area contributed by atoms with E-state index >= 15 is 0 Å². The monoisotopic (exact) mass is 552 g/mol. The molecule has 3 aromatic carbocycles. The van der Waals surface area contributed by atoms with E-state index in [0.717, 1.165) is 10.9 Å². The summed E-state index contributed by atoms with van der Waals surface area (Å²) in [5, 5.41) is 16.5. The molecule has 0 saturated heterocycles. The third-order valence-electron chi connectivity index (χ3n) is 5.69. The molecule has 1 heterocycles. The number of ether oxygens (including phenoxy) is 1. The van der Waals surface area contributed by atoms with Gasteiger partial charge < -0.3 is 4.74 Å². The second-order valence-corrected chi connectivity index (χ2v) is 9.09. The Kier molecular flexibility index (Phi) is 7.54. The Bertz CT molecular complexity index is 1540. The Morgan fingerprint density at radius 2 is 2.00 bits per heavy atom. The van der Waals surface area contributed by atoms with Crippen LogP contribution in [-0.4, -0.2) is 20.8 Å². The first-order chi connectivity index (χ1) is 17.3. The predicted molar refractivity (Wildman–Crippen MR) is 139 cm³/mol. The summed E-state index contributed by atoms with van der Waals surface area (Å²) in [5.41, 5.74) is 0.720. The van der Waals surface area contributed by atoms with Gasteiger partial charge in [0, 0.05) is 22.0 Å². The standard InChI is InChI=1S/C26H22BrFN4O4/c1-3-16(2)25-30-22-11-10-19(27)13-21(22)26(33)31(25)29-14-18-7-5-9-23(32(34)35)24(18)36-15-17-6-4-8-20(28)12-17/h4-14,16H,3,15H2,1-2H3/t16-/m0/s1. The van der Waals surface area contributed by atoms with Gasteiger partial charge in [0.25, 0.3) is 5.56 Å². The van der Waals surface area contributed by atoms with Gasteiger partial charge in [0.1, 0.15) is 18.2 Å². The van der Waals surface area contributed by atoms with Crippen LogP contribution in [0.1, 0.15) is 43.1 Å². The zero-order valence-corrected chi connectivity index (χ0v) is 21.1. The van der Waals surface area contributed by atoms with Crippen LogP contribution in [0, 0.1) is 15.9 Å². The highest BCUT2D eigenvalue weighted by Gasteiger charge is 2.20. The first-order valence-corrected chi connectivity index (χ1v) is 12.0. The van der Waals surface area contributed by atoms with Crippen LogP contribution < -0.4 is 10.3 Å². The zero-order chi connectivity index (χ0) is 25.8. The van der Waals surface area contributed by atoms with Crippen molar-refractivity contribution < 1.29 is 14.1 Å². The lowest BCUT2D eigenvalue weighted by molar-refractivity contribution is -0.385.